The van der Waals surface area contributed by atoms with Gasteiger partial charge < -0.3 is 14.9 Å². The van der Waals surface area contributed by atoms with Crippen LogP contribution in [0.1, 0.15) is 12.8 Å². The maximum absolute atomic E-state index is 12.8. The average molecular weight is 464 g/mol. The van der Waals surface area contributed by atoms with Crippen LogP contribution in [0.15, 0.2) is 53.6 Å². The highest BCUT2D eigenvalue weighted by molar-refractivity contribution is 7.91. The Labute approximate surface area is 187 Å². The first kappa shape index (κ1) is 22.1. The zero-order valence-electron chi connectivity index (χ0n) is 17.1. The molecule has 9 heteroatoms. The zero-order valence-corrected chi connectivity index (χ0v) is 18.6. The summed E-state index contributed by atoms with van der Waals surface area (Å²) in [4.78, 5) is 16.6. The number of piperidine rings is 1. The molecular weight excluding hydrogens is 438 g/mol. The molecule has 1 fully saturated rings. The van der Waals surface area contributed by atoms with E-state index >= 15 is 0 Å². The highest BCUT2D eigenvalue weighted by Crippen LogP contribution is 2.24. The molecule has 0 bridgehead atoms. The van der Waals surface area contributed by atoms with Gasteiger partial charge in [-0.2, -0.15) is 0 Å². The van der Waals surface area contributed by atoms with Gasteiger partial charge in [-0.1, -0.05) is 29.8 Å². The zero-order chi connectivity index (χ0) is 22.0. The largest absolute Gasteiger partial charge is 0.382 e. The summed E-state index contributed by atoms with van der Waals surface area (Å²) in [6, 6.07) is 10.2. The molecule has 2 N–H and O–H groups in total. The Morgan fingerprint density at radius 1 is 1.16 bits per heavy atom. The van der Waals surface area contributed by atoms with E-state index in [1.165, 1.54) is 6.07 Å². The Kier molecular flexibility index (Phi) is 6.52. The van der Waals surface area contributed by atoms with Crippen LogP contribution in [0.3, 0.4) is 0 Å². The lowest BCUT2D eigenvalue weighted by atomic mass is 10.0. The lowest BCUT2D eigenvalue weighted by Gasteiger charge is -2.39. The first-order valence-corrected chi connectivity index (χ1v) is 12.4. The van der Waals surface area contributed by atoms with Gasteiger partial charge in [0.1, 0.15) is 6.10 Å². The SMILES string of the molecule is O=C([C@H](O)CS(=O)(=O)c1ccc2cc(Cl)ccc2c1)N1CCC(N2C=CCNC2)CC1. The molecule has 4 rings (SSSR count). The molecule has 2 aliphatic rings. The second kappa shape index (κ2) is 9.16. The number of carbonyl (C=O) groups is 1. The summed E-state index contributed by atoms with van der Waals surface area (Å²) >= 11 is 5.98. The van der Waals surface area contributed by atoms with Gasteiger partial charge in [0.2, 0.25) is 0 Å². The van der Waals surface area contributed by atoms with Crippen LogP contribution in [0.4, 0.5) is 0 Å². The number of likely N-dealkylation sites (tertiary alicyclic amines) is 1. The second-order valence-corrected chi connectivity index (χ2v) is 10.5. The van der Waals surface area contributed by atoms with Gasteiger partial charge in [-0.15, -0.1) is 0 Å². The Bertz CT molecular complexity index is 1100. The summed E-state index contributed by atoms with van der Waals surface area (Å²) in [5.74, 6) is -1.16. The fourth-order valence-corrected chi connectivity index (χ4v) is 5.67. The molecule has 1 amide bonds. The smallest absolute Gasteiger partial charge is 0.252 e. The van der Waals surface area contributed by atoms with Crippen molar-refractivity contribution in [3.05, 3.63) is 53.7 Å². The summed E-state index contributed by atoms with van der Waals surface area (Å²) in [6.45, 7) is 2.65. The van der Waals surface area contributed by atoms with Crippen LogP contribution in [0.2, 0.25) is 5.02 Å². The van der Waals surface area contributed by atoms with Crippen LogP contribution in [0.5, 0.6) is 0 Å². The van der Waals surface area contributed by atoms with Crippen molar-refractivity contribution >= 4 is 38.1 Å². The molecular formula is C22H26ClN3O4S. The predicted octanol–water partition coefficient (Wildman–Crippen LogP) is 2.00. The molecule has 0 saturated carbocycles. The Morgan fingerprint density at radius 3 is 2.58 bits per heavy atom. The summed E-state index contributed by atoms with van der Waals surface area (Å²) < 4.78 is 25.6. The molecule has 31 heavy (non-hydrogen) atoms. The van der Waals surface area contributed by atoms with E-state index in [0.717, 1.165) is 36.8 Å². The van der Waals surface area contributed by atoms with E-state index < -0.39 is 27.6 Å². The van der Waals surface area contributed by atoms with E-state index in [9.17, 15) is 18.3 Å². The standard InChI is InChI=1S/C22H26ClN3O4S/c23-18-4-2-17-13-20(5-3-16(17)12-18)31(29,30)14-21(27)22(28)25-10-6-19(7-11-25)26-9-1-8-24-15-26/h1-5,9,12-13,19,21,24,27H,6-8,10-11,14-15H2/t21-/m1/s1. The molecule has 1 atom stereocenters. The third-order valence-corrected chi connectivity index (χ3v) is 7.86. The van der Waals surface area contributed by atoms with Crippen molar-refractivity contribution in [2.45, 2.75) is 29.9 Å². The fourth-order valence-electron chi connectivity index (χ4n) is 4.16. The van der Waals surface area contributed by atoms with Crippen LogP contribution < -0.4 is 5.32 Å². The summed E-state index contributed by atoms with van der Waals surface area (Å²) in [6.07, 6.45) is 4.13. The third-order valence-electron chi connectivity index (χ3n) is 5.89. The van der Waals surface area contributed by atoms with Crippen molar-refractivity contribution in [3.63, 3.8) is 0 Å². The van der Waals surface area contributed by atoms with Gasteiger partial charge in [0, 0.05) is 30.7 Å². The van der Waals surface area contributed by atoms with Gasteiger partial charge >= 0.3 is 0 Å². The molecule has 0 unspecified atom stereocenters. The van der Waals surface area contributed by atoms with E-state index in [2.05, 4.69) is 22.5 Å². The maximum Gasteiger partial charge on any atom is 0.252 e. The highest BCUT2D eigenvalue weighted by atomic mass is 35.5. The van der Waals surface area contributed by atoms with Gasteiger partial charge in [0.25, 0.3) is 5.91 Å². The molecule has 2 aromatic rings. The number of halogens is 1. The minimum atomic E-state index is -3.83. The molecule has 166 valence electrons. The lowest BCUT2D eigenvalue weighted by Crippen LogP contribution is -2.51. The molecule has 0 aromatic heterocycles. The summed E-state index contributed by atoms with van der Waals surface area (Å²) in [5.41, 5.74) is 0. The summed E-state index contributed by atoms with van der Waals surface area (Å²) in [7, 11) is -3.83. The van der Waals surface area contributed by atoms with Crippen molar-refractivity contribution in [1.29, 1.82) is 0 Å². The number of rotatable bonds is 5. The summed E-state index contributed by atoms with van der Waals surface area (Å²) in [5, 5.41) is 15.8. The first-order valence-electron chi connectivity index (χ1n) is 10.4. The number of nitrogens with zero attached hydrogens (tertiary/aromatic N) is 2. The number of sulfone groups is 1. The Hall–Kier alpha value is -2.13. The number of carbonyl (C=O) groups excluding carboxylic acids is 1. The van der Waals surface area contributed by atoms with Crippen molar-refractivity contribution in [1.82, 2.24) is 15.1 Å². The molecule has 2 aliphatic heterocycles. The number of nitrogens with one attached hydrogen (secondary N) is 1. The number of fused-ring (bicyclic) bond motifs is 1. The fraction of sp³-hybridized carbons (Fsp3) is 0.409. The first-order chi connectivity index (χ1) is 14.8. The number of aliphatic hydroxyl groups excluding tert-OH is 1. The molecule has 7 nitrogen and oxygen atoms in total. The monoisotopic (exact) mass is 463 g/mol. The van der Waals surface area contributed by atoms with Gasteiger partial charge in [-0.25, -0.2) is 8.42 Å². The number of benzene rings is 2. The third kappa shape index (κ3) is 5.03. The van der Waals surface area contributed by atoms with Gasteiger partial charge in [0.15, 0.2) is 9.84 Å². The second-order valence-electron chi connectivity index (χ2n) is 8.02. The number of hydrogen-bond donors (Lipinski definition) is 2. The Balaban J connectivity index is 1.38. The van der Waals surface area contributed by atoms with Crippen LogP contribution >= 0.6 is 11.6 Å². The van der Waals surface area contributed by atoms with Crippen LogP contribution in [0.25, 0.3) is 10.8 Å². The quantitative estimate of drug-likeness (QED) is 0.705. The van der Waals surface area contributed by atoms with Crippen molar-refractivity contribution in [2.75, 3.05) is 32.1 Å². The minimum Gasteiger partial charge on any atom is -0.382 e. The van der Waals surface area contributed by atoms with Gasteiger partial charge in [-0.3, -0.25) is 10.1 Å². The minimum absolute atomic E-state index is 0.0808. The normalized spacial score (nSPS) is 19.0. The van der Waals surface area contributed by atoms with E-state index in [1.807, 2.05) is 0 Å². The van der Waals surface area contributed by atoms with Crippen LogP contribution in [-0.4, -0.2) is 73.4 Å². The van der Waals surface area contributed by atoms with E-state index in [-0.39, 0.29) is 4.90 Å². The van der Waals surface area contributed by atoms with Gasteiger partial charge in [0.05, 0.1) is 17.3 Å². The molecule has 1 saturated heterocycles. The molecule has 0 radical (unpaired) electrons. The molecule has 2 aromatic carbocycles. The van der Waals surface area contributed by atoms with Crippen molar-refractivity contribution in [2.24, 2.45) is 0 Å². The maximum atomic E-state index is 12.8. The van der Waals surface area contributed by atoms with Crippen LogP contribution in [0, 0.1) is 0 Å². The number of hydrogen-bond acceptors (Lipinski definition) is 6. The topological polar surface area (TPSA) is 89.9 Å². The predicted molar refractivity (Wildman–Crippen MR) is 120 cm³/mol. The number of aliphatic hydroxyl groups is 1. The Morgan fingerprint density at radius 2 is 1.87 bits per heavy atom. The molecule has 2 heterocycles. The highest BCUT2D eigenvalue weighted by Gasteiger charge is 2.32. The van der Waals surface area contributed by atoms with Gasteiger partial charge in [-0.05, 0) is 54.1 Å². The van der Waals surface area contributed by atoms with E-state index in [4.69, 9.17) is 11.6 Å². The number of amides is 1. The van der Waals surface area contributed by atoms with Crippen molar-refractivity contribution < 1.29 is 18.3 Å². The van der Waals surface area contributed by atoms with Crippen molar-refractivity contribution in [3.8, 4) is 0 Å². The van der Waals surface area contributed by atoms with E-state index in [1.54, 1.807) is 35.2 Å². The molecule has 0 spiro atoms. The average Bonchev–Trinajstić information content (AvgIpc) is 2.78. The van der Waals surface area contributed by atoms with E-state index in [0.29, 0.717) is 24.2 Å². The van der Waals surface area contributed by atoms with Crippen LogP contribution in [-0.2, 0) is 14.6 Å². The molecule has 0 aliphatic carbocycles. The lowest BCUT2D eigenvalue weighted by molar-refractivity contribution is -0.140.